The Morgan fingerprint density at radius 2 is 0.933 bits per heavy atom. The molecule has 0 aliphatic heterocycles. The molecule has 0 bridgehead atoms. The summed E-state index contributed by atoms with van der Waals surface area (Å²) >= 11 is 0. The molecule has 2 aromatic rings. The van der Waals surface area contributed by atoms with Crippen LogP contribution in [0.1, 0.15) is 199 Å². The Balaban J connectivity index is 0.000000189. The lowest BCUT2D eigenvalue weighted by atomic mass is 9.49. The van der Waals surface area contributed by atoms with E-state index in [9.17, 15) is 0 Å². The van der Waals surface area contributed by atoms with Gasteiger partial charge in [-0.3, -0.25) is 0 Å². The molecule has 252 valence electrons. The van der Waals surface area contributed by atoms with Gasteiger partial charge in [0.25, 0.3) is 0 Å². The minimum absolute atomic E-state index is 0.423. The van der Waals surface area contributed by atoms with E-state index in [2.05, 4.69) is 119 Å². The molecule has 45 heavy (non-hydrogen) atoms. The second kappa shape index (κ2) is 14.3. The summed E-state index contributed by atoms with van der Waals surface area (Å²) in [5.41, 5.74) is 11.7. The molecule has 4 aliphatic rings. The number of aryl methyl sites for hydroxylation is 2. The maximum absolute atomic E-state index is 2.57. The minimum Gasteiger partial charge on any atom is -0.0656 e. The molecular formula is C45H72. The monoisotopic (exact) mass is 613 g/mol. The fourth-order valence-electron chi connectivity index (χ4n) is 10.9. The van der Waals surface area contributed by atoms with Crippen LogP contribution in [0.5, 0.6) is 0 Å². The Hall–Kier alpha value is -1.56. The van der Waals surface area contributed by atoms with Crippen LogP contribution < -0.4 is 0 Å². The van der Waals surface area contributed by atoms with Gasteiger partial charge in [-0.1, -0.05) is 152 Å². The molecule has 0 heteroatoms. The summed E-state index contributed by atoms with van der Waals surface area (Å²) in [5.74, 6) is 3.04. The van der Waals surface area contributed by atoms with E-state index in [-0.39, 0.29) is 0 Å². The van der Waals surface area contributed by atoms with Gasteiger partial charge >= 0.3 is 0 Å². The highest BCUT2D eigenvalue weighted by Crippen LogP contribution is 2.59. The topological polar surface area (TPSA) is 0 Å². The standard InChI is InChI=1S/2C21H32.C3H8/c2*1-6-20(4)12-7-13-21(5)18-10-8-16(15(2)3)14-17(18)9-11-19(20)21;1-3-2/h2*8,10,14-15,19H,6-7,9,11-13H2,1-5H3;3H2,1-2H3. The minimum atomic E-state index is 0.423. The van der Waals surface area contributed by atoms with Gasteiger partial charge in [-0.2, -0.15) is 0 Å². The Morgan fingerprint density at radius 1 is 0.578 bits per heavy atom. The van der Waals surface area contributed by atoms with Crippen LogP contribution >= 0.6 is 0 Å². The zero-order valence-electron chi connectivity index (χ0n) is 32.0. The maximum Gasteiger partial charge on any atom is -0.00390 e. The molecule has 6 atom stereocenters. The molecule has 4 aliphatic carbocycles. The molecule has 6 unspecified atom stereocenters. The van der Waals surface area contributed by atoms with Gasteiger partial charge in [-0.15, -0.1) is 0 Å². The summed E-state index contributed by atoms with van der Waals surface area (Å²) in [7, 11) is 0. The van der Waals surface area contributed by atoms with E-state index in [1.165, 1.54) is 94.6 Å². The molecule has 0 aromatic heterocycles. The molecule has 2 saturated carbocycles. The van der Waals surface area contributed by atoms with E-state index in [1.807, 2.05) is 0 Å². The van der Waals surface area contributed by atoms with Gasteiger partial charge in [-0.25, -0.2) is 0 Å². The summed E-state index contributed by atoms with van der Waals surface area (Å²) in [6.45, 7) is 28.5. The van der Waals surface area contributed by atoms with Gasteiger partial charge in [0.05, 0.1) is 0 Å². The molecular weight excluding hydrogens is 540 g/mol. The van der Waals surface area contributed by atoms with E-state index in [0.29, 0.717) is 33.5 Å². The van der Waals surface area contributed by atoms with Gasteiger partial charge in [0.2, 0.25) is 0 Å². The predicted molar refractivity (Wildman–Crippen MR) is 200 cm³/mol. The van der Waals surface area contributed by atoms with Crippen molar-refractivity contribution in [3.63, 3.8) is 0 Å². The van der Waals surface area contributed by atoms with Crippen molar-refractivity contribution in [3.8, 4) is 0 Å². The van der Waals surface area contributed by atoms with Crippen LogP contribution in [0.2, 0.25) is 0 Å². The van der Waals surface area contributed by atoms with Crippen LogP contribution in [0.3, 0.4) is 0 Å². The van der Waals surface area contributed by atoms with E-state index >= 15 is 0 Å². The molecule has 0 N–H and O–H groups in total. The van der Waals surface area contributed by atoms with Gasteiger partial charge in [0.15, 0.2) is 0 Å². The Kier molecular flexibility index (Phi) is 11.5. The quantitative estimate of drug-likeness (QED) is 0.322. The second-order valence-electron chi connectivity index (χ2n) is 17.6. The summed E-state index contributed by atoms with van der Waals surface area (Å²) in [5, 5.41) is 0. The van der Waals surface area contributed by atoms with Gasteiger partial charge in [0, 0.05) is 0 Å². The van der Waals surface area contributed by atoms with Crippen molar-refractivity contribution in [1.82, 2.24) is 0 Å². The summed E-state index contributed by atoms with van der Waals surface area (Å²) < 4.78 is 0. The van der Waals surface area contributed by atoms with Gasteiger partial charge in [-0.05, 0) is 130 Å². The maximum atomic E-state index is 2.57. The van der Waals surface area contributed by atoms with Crippen molar-refractivity contribution in [2.45, 2.75) is 189 Å². The number of hydrogen-bond acceptors (Lipinski definition) is 0. The van der Waals surface area contributed by atoms with E-state index < -0.39 is 0 Å². The zero-order chi connectivity index (χ0) is 33.2. The zero-order valence-corrected chi connectivity index (χ0v) is 32.0. The van der Waals surface area contributed by atoms with Gasteiger partial charge < -0.3 is 0 Å². The first-order valence-electron chi connectivity index (χ1n) is 19.5. The summed E-state index contributed by atoms with van der Waals surface area (Å²) in [6.07, 6.45) is 17.8. The third kappa shape index (κ3) is 6.88. The predicted octanol–water partition coefficient (Wildman–Crippen LogP) is 13.9. The highest BCUT2D eigenvalue weighted by atomic mass is 14.6. The molecule has 0 amide bonds. The summed E-state index contributed by atoms with van der Waals surface area (Å²) in [4.78, 5) is 0. The van der Waals surface area contributed by atoms with Gasteiger partial charge in [0.1, 0.15) is 0 Å². The average Bonchev–Trinajstić information content (AvgIpc) is 3.01. The normalized spacial score (nSPS) is 33.5. The lowest BCUT2D eigenvalue weighted by Gasteiger charge is -2.55. The van der Waals surface area contributed by atoms with Crippen molar-refractivity contribution >= 4 is 0 Å². The Bertz CT molecular complexity index is 1170. The van der Waals surface area contributed by atoms with Crippen LogP contribution in [-0.4, -0.2) is 0 Å². The largest absolute Gasteiger partial charge is 0.0656 e. The summed E-state index contributed by atoms with van der Waals surface area (Å²) in [6, 6.07) is 14.8. The van der Waals surface area contributed by atoms with Crippen molar-refractivity contribution < 1.29 is 0 Å². The molecule has 0 spiro atoms. The molecule has 6 rings (SSSR count). The van der Waals surface area contributed by atoms with Crippen molar-refractivity contribution in [1.29, 1.82) is 0 Å². The van der Waals surface area contributed by atoms with Crippen LogP contribution in [0.25, 0.3) is 0 Å². The molecule has 2 fully saturated rings. The molecule has 0 radical (unpaired) electrons. The van der Waals surface area contributed by atoms with Crippen LogP contribution in [-0.2, 0) is 23.7 Å². The molecule has 0 saturated heterocycles. The number of fused-ring (bicyclic) bond motifs is 6. The highest BCUT2D eigenvalue weighted by Gasteiger charge is 2.52. The van der Waals surface area contributed by atoms with E-state index in [4.69, 9.17) is 0 Å². The number of rotatable bonds is 4. The highest BCUT2D eigenvalue weighted by molar-refractivity contribution is 5.43. The first-order chi connectivity index (χ1) is 21.2. The fraction of sp³-hybridized carbons (Fsp3) is 0.733. The van der Waals surface area contributed by atoms with Crippen LogP contribution in [0.15, 0.2) is 36.4 Å². The first kappa shape index (κ1) is 36.3. The number of hydrogen-bond donors (Lipinski definition) is 0. The molecule has 0 nitrogen and oxygen atoms in total. The van der Waals surface area contributed by atoms with E-state index in [1.54, 1.807) is 22.3 Å². The SMILES string of the molecule is CCC.CCC1(C)CCCC2(C)c3ccc(C(C)C)cc3CCC12.CCC1(C)CCCC2(C)c3ccc(C(C)C)cc3CCC12. The Morgan fingerprint density at radius 3 is 1.24 bits per heavy atom. The smallest absolute Gasteiger partial charge is 0.00390 e. The number of benzene rings is 2. The third-order valence-corrected chi connectivity index (χ3v) is 14.0. The van der Waals surface area contributed by atoms with Crippen molar-refractivity contribution in [2.24, 2.45) is 22.7 Å². The lowest BCUT2D eigenvalue weighted by Crippen LogP contribution is -2.48. The molecule has 0 heterocycles. The Labute approximate surface area is 281 Å². The third-order valence-electron chi connectivity index (χ3n) is 14.0. The van der Waals surface area contributed by atoms with Crippen molar-refractivity contribution in [3.05, 3.63) is 69.8 Å². The first-order valence-corrected chi connectivity index (χ1v) is 19.5. The average molecular weight is 613 g/mol. The van der Waals surface area contributed by atoms with Crippen LogP contribution in [0, 0.1) is 22.7 Å². The lowest BCUT2D eigenvalue weighted by molar-refractivity contribution is 0.0225. The molecule has 2 aromatic carbocycles. The van der Waals surface area contributed by atoms with Crippen molar-refractivity contribution in [2.75, 3.05) is 0 Å². The fourth-order valence-corrected chi connectivity index (χ4v) is 10.9. The van der Waals surface area contributed by atoms with Crippen LogP contribution in [0.4, 0.5) is 0 Å². The van der Waals surface area contributed by atoms with E-state index in [0.717, 1.165) is 11.8 Å². The second-order valence-corrected chi connectivity index (χ2v) is 17.6.